The predicted molar refractivity (Wildman–Crippen MR) is 165 cm³/mol. The van der Waals surface area contributed by atoms with Crippen LogP contribution in [0, 0.1) is 0 Å². The molecule has 2 saturated heterocycles. The lowest BCUT2D eigenvalue weighted by molar-refractivity contribution is 0.0120. The largest absolute Gasteiger partial charge is 0.457 e. The lowest BCUT2D eigenvalue weighted by Crippen LogP contribution is -2.50. The highest BCUT2D eigenvalue weighted by Gasteiger charge is 2.33. The van der Waals surface area contributed by atoms with Crippen LogP contribution in [0.1, 0.15) is 52.5 Å². The minimum Gasteiger partial charge on any atom is -0.457 e. The quantitative estimate of drug-likeness (QED) is 0.348. The minimum atomic E-state index is -0.493. The van der Waals surface area contributed by atoms with Crippen LogP contribution in [-0.2, 0) is 4.74 Å². The summed E-state index contributed by atoms with van der Waals surface area (Å²) in [4.78, 5) is 39.5. The van der Waals surface area contributed by atoms with Crippen LogP contribution in [0.25, 0.3) is 16.9 Å². The normalized spacial score (nSPS) is 17.3. The molecule has 2 aliphatic rings. The molecule has 4 aromatic rings. The van der Waals surface area contributed by atoms with Gasteiger partial charge >= 0.3 is 11.8 Å². The number of para-hydroxylation sites is 1. The molecule has 11 heteroatoms. The van der Waals surface area contributed by atoms with Gasteiger partial charge in [0.1, 0.15) is 28.9 Å². The Morgan fingerprint density at radius 2 is 1.49 bits per heavy atom. The molecule has 0 unspecified atom stereocenters. The van der Waals surface area contributed by atoms with E-state index in [4.69, 9.17) is 15.2 Å². The third-order valence-electron chi connectivity index (χ3n) is 8.25. The number of nitrogens with two attached hydrogens (primary N) is 1. The summed E-state index contributed by atoms with van der Waals surface area (Å²) in [5.74, 6) is 1.67. The smallest absolute Gasteiger partial charge is 0.410 e. The zero-order valence-electron chi connectivity index (χ0n) is 25.0. The molecular weight excluding hydrogens is 546 g/mol. The van der Waals surface area contributed by atoms with E-state index in [-0.39, 0.29) is 23.6 Å². The van der Waals surface area contributed by atoms with Crippen LogP contribution >= 0.6 is 0 Å². The molecule has 0 bridgehead atoms. The third kappa shape index (κ3) is 6.08. The van der Waals surface area contributed by atoms with Crippen LogP contribution in [-0.4, -0.2) is 72.8 Å². The maximum atomic E-state index is 14.0. The average molecular weight is 586 g/mol. The monoisotopic (exact) mass is 585 g/mol. The van der Waals surface area contributed by atoms with Gasteiger partial charge < -0.3 is 25.0 Å². The molecule has 0 atom stereocenters. The third-order valence-corrected chi connectivity index (χ3v) is 8.25. The Bertz CT molecular complexity index is 1630. The summed E-state index contributed by atoms with van der Waals surface area (Å²) in [7, 11) is 0. The SMILES string of the molecule is CC(C)(C)OC(=O)N1CCC(N2CCC(n3c(=O)n(-c4ccc(Oc5ccccc5)cc4)c4c(N)ncnc43)CC2)CC1. The van der Waals surface area contributed by atoms with Crippen molar-refractivity contribution in [3.05, 3.63) is 71.4 Å². The van der Waals surface area contributed by atoms with Crippen LogP contribution in [0.5, 0.6) is 11.5 Å². The van der Waals surface area contributed by atoms with Crippen molar-refractivity contribution < 1.29 is 14.3 Å². The van der Waals surface area contributed by atoms with Gasteiger partial charge in [-0.25, -0.2) is 19.6 Å². The number of carbonyl (C=O) groups excluding carboxylic acids is 1. The fraction of sp³-hybridized carbons (Fsp3) is 0.438. The van der Waals surface area contributed by atoms with E-state index in [0.29, 0.717) is 41.7 Å². The number of hydrogen-bond acceptors (Lipinski definition) is 8. The molecule has 2 aromatic heterocycles. The van der Waals surface area contributed by atoms with Crippen LogP contribution < -0.4 is 16.2 Å². The lowest BCUT2D eigenvalue weighted by Gasteiger charge is -2.42. The molecule has 0 aliphatic carbocycles. The molecule has 226 valence electrons. The standard InChI is InChI=1S/C32H39N7O4/c1-32(2,3)43-31(41)37-19-13-22(14-20-37)36-17-15-24(16-18-36)39-29-27(28(33)34-21-35-29)38(30(39)40)23-9-11-26(12-10-23)42-25-7-5-4-6-8-25/h4-12,21-22,24H,13-20H2,1-3H3,(H2,33,34,35). The molecule has 2 aliphatic heterocycles. The summed E-state index contributed by atoms with van der Waals surface area (Å²) in [6.07, 6.45) is 4.65. The zero-order chi connectivity index (χ0) is 30.1. The second kappa shape index (κ2) is 11.7. The number of fused-ring (bicyclic) bond motifs is 1. The Kier molecular flexibility index (Phi) is 7.83. The number of ether oxygens (including phenoxy) is 2. The number of aromatic nitrogens is 4. The Labute approximate surface area is 250 Å². The van der Waals surface area contributed by atoms with Gasteiger partial charge in [0.15, 0.2) is 11.5 Å². The number of rotatable bonds is 5. The van der Waals surface area contributed by atoms with Gasteiger partial charge in [0, 0.05) is 38.3 Å². The summed E-state index contributed by atoms with van der Waals surface area (Å²) in [5.41, 5.74) is 7.39. The van der Waals surface area contributed by atoms with Crippen molar-refractivity contribution in [2.75, 3.05) is 31.9 Å². The number of nitrogens with zero attached hydrogens (tertiary/aromatic N) is 6. The van der Waals surface area contributed by atoms with E-state index in [1.165, 1.54) is 6.33 Å². The molecule has 11 nitrogen and oxygen atoms in total. The Balaban J connectivity index is 1.17. The van der Waals surface area contributed by atoms with E-state index in [1.807, 2.05) is 80.3 Å². The van der Waals surface area contributed by atoms with Crippen LogP contribution in [0.2, 0.25) is 0 Å². The summed E-state index contributed by atoms with van der Waals surface area (Å²) >= 11 is 0. The van der Waals surface area contributed by atoms with Gasteiger partial charge in [-0.3, -0.25) is 9.13 Å². The first-order valence-corrected chi connectivity index (χ1v) is 15.0. The number of imidazole rings is 1. The predicted octanol–water partition coefficient (Wildman–Crippen LogP) is 4.99. The topological polar surface area (TPSA) is 121 Å². The van der Waals surface area contributed by atoms with E-state index in [2.05, 4.69) is 14.9 Å². The summed E-state index contributed by atoms with van der Waals surface area (Å²) in [6.45, 7) is 8.80. The Morgan fingerprint density at radius 1 is 0.860 bits per heavy atom. The highest BCUT2D eigenvalue weighted by Crippen LogP contribution is 2.31. The van der Waals surface area contributed by atoms with Crippen LogP contribution in [0.4, 0.5) is 10.6 Å². The molecule has 0 saturated carbocycles. The molecule has 0 spiro atoms. The van der Waals surface area contributed by atoms with E-state index in [0.717, 1.165) is 44.5 Å². The molecule has 4 heterocycles. The average Bonchev–Trinajstić information content (AvgIpc) is 3.30. The fourth-order valence-corrected chi connectivity index (χ4v) is 6.17. The van der Waals surface area contributed by atoms with E-state index in [1.54, 1.807) is 9.13 Å². The van der Waals surface area contributed by atoms with E-state index in [9.17, 15) is 9.59 Å². The maximum absolute atomic E-state index is 14.0. The van der Waals surface area contributed by atoms with E-state index < -0.39 is 5.60 Å². The van der Waals surface area contributed by atoms with Crippen molar-refractivity contribution in [3.63, 3.8) is 0 Å². The highest BCUT2D eigenvalue weighted by atomic mass is 16.6. The maximum Gasteiger partial charge on any atom is 0.410 e. The zero-order valence-corrected chi connectivity index (χ0v) is 25.0. The van der Waals surface area contributed by atoms with Crippen molar-refractivity contribution in [3.8, 4) is 17.2 Å². The van der Waals surface area contributed by atoms with Crippen LogP contribution in [0.15, 0.2) is 65.7 Å². The second-order valence-electron chi connectivity index (χ2n) is 12.3. The number of anilines is 1. The van der Waals surface area contributed by atoms with Crippen molar-refractivity contribution in [1.82, 2.24) is 28.9 Å². The van der Waals surface area contributed by atoms with Gasteiger partial charge in [0.2, 0.25) is 0 Å². The van der Waals surface area contributed by atoms with Crippen molar-refractivity contribution in [1.29, 1.82) is 0 Å². The van der Waals surface area contributed by atoms with Gasteiger partial charge in [-0.15, -0.1) is 0 Å². The van der Waals surface area contributed by atoms with Crippen LogP contribution in [0.3, 0.4) is 0 Å². The fourth-order valence-electron chi connectivity index (χ4n) is 6.17. The number of amides is 1. The van der Waals surface area contributed by atoms with Gasteiger partial charge in [-0.05, 0) is 82.9 Å². The van der Waals surface area contributed by atoms with Crippen molar-refractivity contribution in [2.24, 2.45) is 0 Å². The number of carbonyl (C=O) groups is 1. The molecule has 6 rings (SSSR count). The molecule has 2 aromatic carbocycles. The van der Waals surface area contributed by atoms with Gasteiger partial charge in [0.25, 0.3) is 0 Å². The lowest BCUT2D eigenvalue weighted by atomic mass is 9.98. The summed E-state index contributed by atoms with van der Waals surface area (Å²) in [6, 6.07) is 17.3. The van der Waals surface area contributed by atoms with Crippen molar-refractivity contribution >= 4 is 23.1 Å². The number of nitrogen functional groups attached to an aromatic ring is 1. The first-order valence-electron chi connectivity index (χ1n) is 15.0. The first-order chi connectivity index (χ1) is 20.7. The summed E-state index contributed by atoms with van der Waals surface area (Å²) < 4.78 is 14.9. The second-order valence-corrected chi connectivity index (χ2v) is 12.3. The highest BCUT2D eigenvalue weighted by molar-refractivity contribution is 5.84. The van der Waals surface area contributed by atoms with Gasteiger partial charge in [-0.2, -0.15) is 0 Å². The number of piperidine rings is 2. The number of hydrogen-bond donors (Lipinski definition) is 1. The number of benzene rings is 2. The summed E-state index contributed by atoms with van der Waals surface area (Å²) in [5, 5.41) is 0. The Morgan fingerprint density at radius 3 is 2.14 bits per heavy atom. The van der Waals surface area contributed by atoms with Gasteiger partial charge in [-0.1, -0.05) is 18.2 Å². The molecule has 2 N–H and O–H groups in total. The number of likely N-dealkylation sites (tertiary alicyclic amines) is 2. The van der Waals surface area contributed by atoms with Gasteiger partial charge in [0.05, 0.1) is 5.69 Å². The molecular formula is C32H39N7O4. The van der Waals surface area contributed by atoms with E-state index >= 15 is 0 Å². The molecule has 0 radical (unpaired) electrons. The molecule has 2 fully saturated rings. The Hall–Kier alpha value is -4.38. The molecule has 1 amide bonds. The first kappa shape index (κ1) is 28.7. The van der Waals surface area contributed by atoms with Crippen molar-refractivity contribution in [2.45, 2.75) is 64.1 Å². The minimum absolute atomic E-state index is 0.00987. The molecule has 43 heavy (non-hydrogen) atoms.